The first-order valence-electron chi connectivity index (χ1n) is 5.50. The average molecular weight is 248 g/mol. The Morgan fingerprint density at radius 1 is 1.41 bits per heavy atom. The highest BCUT2D eigenvalue weighted by Crippen LogP contribution is 2.17. The van der Waals surface area contributed by atoms with Gasteiger partial charge in [0.25, 0.3) is 0 Å². The Labute approximate surface area is 106 Å². The molecule has 0 fully saturated rings. The minimum atomic E-state index is 0.113. The number of nitrogens with zero attached hydrogens (tertiary/aromatic N) is 2. The van der Waals surface area contributed by atoms with Crippen LogP contribution >= 0.6 is 11.3 Å². The maximum atomic E-state index is 8.62. The van der Waals surface area contributed by atoms with Gasteiger partial charge in [0.2, 0.25) is 0 Å². The van der Waals surface area contributed by atoms with Gasteiger partial charge in [0.05, 0.1) is 17.6 Å². The summed E-state index contributed by atoms with van der Waals surface area (Å²) in [5, 5.41) is 17.1. The fourth-order valence-corrected chi connectivity index (χ4v) is 2.28. The van der Waals surface area contributed by atoms with Crippen molar-refractivity contribution in [3.8, 4) is 17.9 Å². The van der Waals surface area contributed by atoms with Crippen LogP contribution in [0, 0.1) is 23.2 Å². The molecule has 1 N–H and O–H groups in total. The Hall–Kier alpha value is -1.33. The molecular formula is C13H16N2OS. The lowest BCUT2D eigenvalue weighted by molar-refractivity contribution is 0.305. The summed E-state index contributed by atoms with van der Waals surface area (Å²) in [6.45, 7) is 1.76. The van der Waals surface area contributed by atoms with E-state index in [1.807, 2.05) is 13.1 Å². The van der Waals surface area contributed by atoms with Crippen LogP contribution in [0.1, 0.15) is 22.6 Å². The van der Waals surface area contributed by atoms with Gasteiger partial charge in [0, 0.05) is 30.8 Å². The number of thiophene rings is 1. The summed E-state index contributed by atoms with van der Waals surface area (Å²) in [7, 11) is 2.01. The van der Waals surface area contributed by atoms with Crippen molar-refractivity contribution in [2.75, 3.05) is 20.2 Å². The summed E-state index contributed by atoms with van der Waals surface area (Å²) in [6, 6.07) is 6.21. The number of nitriles is 1. The van der Waals surface area contributed by atoms with Gasteiger partial charge in [0.1, 0.15) is 0 Å². The van der Waals surface area contributed by atoms with E-state index in [-0.39, 0.29) is 6.61 Å². The van der Waals surface area contributed by atoms with Crippen LogP contribution in [0.25, 0.3) is 0 Å². The maximum Gasteiger partial charge on any atom is 0.0771 e. The van der Waals surface area contributed by atoms with Crippen molar-refractivity contribution in [1.82, 2.24) is 4.90 Å². The predicted molar refractivity (Wildman–Crippen MR) is 69.5 cm³/mol. The van der Waals surface area contributed by atoms with Gasteiger partial charge >= 0.3 is 0 Å². The van der Waals surface area contributed by atoms with Crippen molar-refractivity contribution in [3.05, 3.63) is 21.9 Å². The maximum absolute atomic E-state index is 8.62. The first-order valence-corrected chi connectivity index (χ1v) is 6.32. The highest BCUT2D eigenvalue weighted by atomic mass is 32.1. The van der Waals surface area contributed by atoms with E-state index in [1.165, 1.54) is 4.88 Å². The van der Waals surface area contributed by atoms with Gasteiger partial charge in [-0.1, -0.05) is 11.8 Å². The third-order valence-electron chi connectivity index (χ3n) is 2.14. The van der Waals surface area contributed by atoms with Crippen molar-refractivity contribution >= 4 is 11.3 Å². The lowest BCUT2D eigenvalue weighted by Gasteiger charge is -2.12. The van der Waals surface area contributed by atoms with E-state index in [4.69, 9.17) is 10.4 Å². The Bertz CT molecular complexity index is 436. The predicted octanol–water partition coefficient (Wildman–Crippen LogP) is 1.83. The van der Waals surface area contributed by atoms with E-state index in [1.54, 1.807) is 11.3 Å². The summed E-state index contributed by atoms with van der Waals surface area (Å²) in [5.74, 6) is 5.93. The number of aliphatic hydroxyl groups excluding tert-OH is 1. The number of hydrogen-bond donors (Lipinski definition) is 1. The minimum absolute atomic E-state index is 0.113. The van der Waals surface area contributed by atoms with Crippen molar-refractivity contribution < 1.29 is 5.11 Å². The highest BCUT2D eigenvalue weighted by molar-refractivity contribution is 7.12. The summed E-state index contributed by atoms with van der Waals surface area (Å²) >= 11 is 1.67. The van der Waals surface area contributed by atoms with E-state index in [0.717, 1.165) is 18.0 Å². The molecule has 0 atom stereocenters. The molecular weight excluding hydrogens is 232 g/mol. The lowest BCUT2D eigenvalue weighted by Crippen LogP contribution is -2.17. The summed E-state index contributed by atoms with van der Waals surface area (Å²) < 4.78 is 0. The second-order valence-electron chi connectivity index (χ2n) is 3.69. The van der Waals surface area contributed by atoms with Crippen LogP contribution in [0.3, 0.4) is 0 Å². The van der Waals surface area contributed by atoms with Crippen molar-refractivity contribution in [2.45, 2.75) is 19.4 Å². The summed E-state index contributed by atoms with van der Waals surface area (Å²) in [6.07, 6.45) is 1.08. The molecule has 1 aromatic rings. The van der Waals surface area contributed by atoms with Crippen LogP contribution in [-0.4, -0.2) is 30.2 Å². The molecule has 0 bridgehead atoms. The SMILES string of the molecule is CN(CCC#N)Cc1ccc(C#CCCO)s1. The molecule has 1 heterocycles. The van der Waals surface area contributed by atoms with Crippen LogP contribution in [0.2, 0.25) is 0 Å². The molecule has 4 heteroatoms. The number of aliphatic hydroxyl groups is 1. The van der Waals surface area contributed by atoms with E-state index in [0.29, 0.717) is 12.8 Å². The molecule has 0 aliphatic rings. The molecule has 0 radical (unpaired) electrons. The molecule has 0 aliphatic heterocycles. The standard InChI is InChI=1S/C13H16N2OS/c1-15(9-4-8-14)11-13-7-6-12(17-13)5-2-3-10-16/h6-7,16H,3-4,9-11H2,1H3. The largest absolute Gasteiger partial charge is 0.395 e. The smallest absolute Gasteiger partial charge is 0.0771 e. The van der Waals surface area contributed by atoms with Gasteiger partial charge < -0.3 is 10.0 Å². The van der Waals surface area contributed by atoms with Gasteiger partial charge in [-0.15, -0.1) is 11.3 Å². The van der Waals surface area contributed by atoms with Crippen LogP contribution < -0.4 is 0 Å². The van der Waals surface area contributed by atoms with E-state index in [9.17, 15) is 0 Å². The zero-order valence-electron chi connectivity index (χ0n) is 9.94. The van der Waals surface area contributed by atoms with Crippen LogP contribution in [-0.2, 0) is 6.54 Å². The molecule has 0 spiro atoms. The van der Waals surface area contributed by atoms with Gasteiger partial charge in [-0.25, -0.2) is 0 Å². The molecule has 0 unspecified atom stereocenters. The molecule has 3 nitrogen and oxygen atoms in total. The fraction of sp³-hybridized carbons (Fsp3) is 0.462. The normalized spacial score (nSPS) is 9.76. The molecule has 0 aliphatic carbocycles. The second-order valence-corrected chi connectivity index (χ2v) is 4.86. The quantitative estimate of drug-likeness (QED) is 0.809. The van der Waals surface area contributed by atoms with Crippen LogP contribution in [0.5, 0.6) is 0 Å². The summed E-state index contributed by atoms with van der Waals surface area (Å²) in [4.78, 5) is 4.40. The third-order valence-corrected chi connectivity index (χ3v) is 3.13. The van der Waals surface area contributed by atoms with E-state index in [2.05, 4.69) is 28.9 Å². The fourth-order valence-electron chi connectivity index (χ4n) is 1.32. The Balaban J connectivity index is 2.46. The molecule has 0 saturated heterocycles. The van der Waals surface area contributed by atoms with E-state index < -0.39 is 0 Å². The molecule has 0 aromatic carbocycles. The lowest BCUT2D eigenvalue weighted by atomic mass is 10.3. The second kappa shape index (κ2) is 7.86. The van der Waals surface area contributed by atoms with Gasteiger partial charge in [0.15, 0.2) is 0 Å². The monoisotopic (exact) mass is 248 g/mol. The molecule has 17 heavy (non-hydrogen) atoms. The number of rotatable bonds is 5. The van der Waals surface area contributed by atoms with E-state index >= 15 is 0 Å². The Kier molecular flexibility index (Phi) is 6.35. The Morgan fingerprint density at radius 3 is 2.94 bits per heavy atom. The van der Waals surface area contributed by atoms with Crippen molar-refractivity contribution in [1.29, 1.82) is 5.26 Å². The first kappa shape index (κ1) is 13.7. The average Bonchev–Trinajstić information content (AvgIpc) is 2.74. The third kappa shape index (κ3) is 5.51. The molecule has 1 aromatic heterocycles. The zero-order valence-corrected chi connectivity index (χ0v) is 10.8. The summed E-state index contributed by atoms with van der Waals surface area (Å²) in [5.41, 5.74) is 0. The molecule has 0 amide bonds. The van der Waals surface area contributed by atoms with Crippen molar-refractivity contribution in [3.63, 3.8) is 0 Å². The van der Waals surface area contributed by atoms with Gasteiger partial charge in [-0.05, 0) is 19.2 Å². The minimum Gasteiger partial charge on any atom is -0.395 e. The van der Waals surface area contributed by atoms with Gasteiger partial charge in [-0.3, -0.25) is 0 Å². The molecule has 1 rings (SSSR count). The first-order chi connectivity index (χ1) is 8.26. The van der Waals surface area contributed by atoms with Gasteiger partial charge in [-0.2, -0.15) is 5.26 Å². The highest BCUT2D eigenvalue weighted by Gasteiger charge is 2.02. The van der Waals surface area contributed by atoms with Crippen LogP contribution in [0.15, 0.2) is 12.1 Å². The number of hydrogen-bond acceptors (Lipinski definition) is 4. The molecule has 0 saturated carbocycles. The molecule has 90 valence electrons. The van der Waals surface area contributed by atoms with Crippen molar-refractivity contribution in [2.24, 2.45) is 0 Å². The van der Waals surface area contributed by atoms with Crippen LogP contribution in [0.4, 0.5) is 0 Å². The zero-order chi connectivity index (χ0) is 12.5. The topological polar surface area (TPSA) is 47.3 Å². The Morgan fingerprint density at radius 2 is 2.24 bits per heavy atom.